The van der Waals surface area contributed by atoms with Crippen molar-refractivity contribution < 1.29 is 14.7 Å². The van der Waals surface area contributed by atoms with Gasteiger partial charge in [0.15, 0.2) is 0 Å². The Morgan fingerprint density at radius 3 is 2.56 bits per heavy atom. The van der Waals surface area contributed by atoms with Gasteiger partial charge in [0.2, 0.25) is 0 Å². The third-order valence-corrected chi connectivity index (χ3v) is 5.88. The van der Waals surface area contributed by atoms with Crippen molar-refractivity contribution in [1.82, 2.24) is 0 Å². The van der Waals surface area contributed by atoms with Crippen LogP contribution in [0.15, 0.2) is 36.4 Å². The first-order chi connectivity index (χ1) is 12.1. The lowest BCUT2D eigenvalue weighted by Gasteiger charge is -2.19. The largest absolute Gasteiger partial charge is 0.481 e. The Bertz CT molecular complexity index is 829. The molecule has 0 aromatic heterocycles. The van der Waals surface area contributed by atoms with Crippen LogP contribution in [-0.2, 0) is 9.59 Å². The average Bonchev–Trinajstić information content (AvgIpc) is 2.90. The first kappa shape index (κ1) is 16.1. The van der Waals surface area contributed by atoms with Crippen molar-refractivity contribution >= 4 is 28.2 Å². The van der Waals surface area contributed by atoms with Gasteiger partial charge in [-0.05, 0) is 48.1 Å². The number of hydrogen-bond acceptors (Lipinski definition) is 3. The highest BCUT2D eigenvalue weighted by Crippen LogP contribution is 2.41. The summed E-state index contributed by atoms with van der Waals surface area (Å²) in [6.45, 7) is 0.654. The van der Waals surface area contributed by atoms with E-state index in [1.807, 2.05) is 12.1 Å². The van der Waals surface area contributed by atoms with Crippen LogP contribution in [0.1, 0.15) is 43.6 Å². The van der Waals surface area contributed by atoms with E-state index < -0.39 is 5.97 Å². The lowest BCUT2D eigenvalue weighted by Crippen LogP contribution is -2.23. The molecule has 2 aromatic carbocycles. The molecule has 2 aliphatic rings. The lowest BCUT2D eigenvalue weighted by atomic mass is 9.83. The van der Waals surface area contributed by atoms with Crippen LogP contribution in [0.2, 0.25) is 0 Å². The topological polar surface area (TPSA) is 66.4 Å². The molecule has 0 bridgehead atoms. The minimum absolute atomic E-state index is 0.0129. The fourth-order valence-corrected chi connectivity index (χ4v) is 4.50. The molecule has 3 atom stereocenters. The third-order valence-electron chi connectivity index (χ3n) is 5.88. The summed E-state index contributed by atoms with van der Waals surface area (Å²) in [4.78, 5) is 24.5. The van der Waals surface area contributed by atoms with Gasteiger partial charge in [0.25, 0.3) is 0 Å². The number of rotatable bonds is 3. The number of nitrogens with one attached hydrogen (secondary N) is 1. The number of fused-ring (bicyclic) bond motifs is 3. The molecule has 1 heterocycles. The van der Waals surface area contributed by atoms with Gasteiger partial charge >= 0.3 is 5.97 Å². The molecule has 3 unspecified atom stereocenters. The van der Waals surface area contributed by atoms with E-state index in [0.717, 1.165) is 34.9 Å². The van der Waals surface area contributed by atoms with E-state index in [-0.39, 0.29) is 23.5 Å². The summed E-state index contributed by atoms with van der Waals surface area (Å²) < 4.78 is 0. The maximum Gasteiger partial charge on any atom is 0.306 e. The Labute approximate surface area is 147 Å². The van der Waals surface area contributed by atoms with Crippen molar-refractivity contribution in [3.63, 3.8) is 0 Å². The molecule has 0 saturated heterocycles. The predicted octanol–water partition coefficient (Wildman–Crippen LogP) is 4.20. The molecule has 2 aromatic rings. The van der Waals surface area contributed by atoms with E-state index in [9.17, 15) is 14.7 Å². The number of anilines is 1. The number of Topliss-reactive ketones (excluding diaryl/α,β-unsaturated/α-hetero) is 1. The molecule has 0 amide bonds. The van der Waals surface area contributed by atoms with Crippen LogP contribution in [0.3, 0.4) is 0 Å². The quantitative estimate of drug-likeness (QED) is 0.824. The minimum atomic E-state index is -0.716. The van der Waals surface area contributed by atoms with Crippen LogP contribution in [-0.4, -0.2) is 23.4 Å². The molecule has 4 nitrogen and oxygen atoms in total. The number of ketones is 1. The minimum Gasteiger partial charge on any atom is -0.481 e. The van der Waals surface area contributed by atoms with Crippen molar-refractivity contribution in [3.05, 3.63) is 42.0 Å². The number of hydrogen-bond donors (Lipinski definition) is 2. The van der Waals surface area contributed by atoms with Crippen molar-refractivity contribution in [1.29, 1.82) is 0 Å². The zero-order valence-corrected chi connectivity index (χ0v) is 14.2. The van der Waals surface area contributed by atoms with E-state index in [4.69, 9.17) is 0 Å². The second-order valence-electron chi connectivity index (χ2n) is 7.32. The van der Waals surface area contributed by atoms with Crippen molar-refractivity contribution in [2.75, 3.05) is 11.9 Å². The summed E-state index contributed by atoms with van der Waals surface area (Å²) in [7, 11) is 0. The molecule has 1 aliphatic carbocycles. The molecule has 2 N–H and O–H groups in total. The first-order valence-corrected chi connectivity index (χ1v) is 9.17. The van der Waals surface area contributed by atoms with E-state index in [2.05, 4.69) is 29.6 Å². The van der Waals surface area contributed by atoms with E-state index in [1.54, 1.807) is 0 Å². The molecular weight excluding hydrogens is 314 g/mol. The highest BCUT2D eigenvalue weighted by molar-refractivity contribution is 6.00. The molecule has 1 aliphatic heterocycles. The van der Waals surface area contributed by atoms with Crippen LogP contribution in [0.4, 0.5) is 5.69 Å². The molecule has 4 heteroatoms. The third kappa shape index (κ3) is 2.90. The van der Waals surface area contributed by atoms with Crippen LogP contribution >= 0.6 is 0 Å². The predicted molar refractivity (Wildman–Crippen MR) is 97.9 cm³/mol. The van der Waals surface area contributed by atoms with E-state index in [0.29, 0.717) is 25.8 Å². The lowest BCUT2D eigenvalue weighted by molar-refractivity contribution is -0.142. The summed E-state index contributed by atoms with van der Waals surface area (Å²) in [6, 6.07) is 12.4. The Hall–Kier alpha value is -2.36. The smallest absolute Gasteiger partial charge is 0.306 e. The Morgan fingerprint density at radius 1 is 0.960 bits per heavy atom. The number of carbonyl (C=O) groups is 2. The molecule has 1 fully saturated rings. The van der Waals surface area contributed by atoms with Gasteiger partial charge in [-0.2, -0.15) is 0 Å². The monoisotopic (exact) mass is 337 g/mol. The Kier molecular flexibility index (Phi) is 4.20. The second-order valence-corrected chi connectivity index (χ2v) is 7.32. The van der Waals surface area contributed by atoms with Gasteiger partial charge in [-0.1, -0.05) is 36.8 Å². The van der Waals surface area contributed by atoms with Crippen LogP contribution in [0.5, 0.6) is 0 Å². The maximum absolute atomic E-state index is 13.2. The number of aliphatic carboxylic acids is 1. The molecule has 0 spiro atoms. The number of carboxylic acid groups (broad SMARTS) is 1. The Balaban J connectivity index is 1.61. The Morgan fingerprint density at radius 2 is 1.72 bits per heavy atom. The summed E-state index contributed by atoms with van der Waals surface area (Å²) >= 11 is 0. The fourth-order valence-electron chi connectivity index (χ4n) is 4.50. The van der Waals surface area contributed by atoms with Crippen LogP contribution in [0.25, 0.3) is 10.8 Å². The average molecular weight is 337 g/mol. The van der Waals surface area contributed by atoms with Crippen LogP contribution < -0.4 is 5.32 Å². The highest BCUT2D eigenvalue weighted by Gasteiger charge is 2.36. The van der Waals surface area contributed by atoms with Gasteiger partial charge < -0.3 is 10.4 Å². The highest BCUT2D eigenvalue weighted by atomic mass is 16.4. The summed E-state index contributed by atoms with van der Waals surface area (Å²) in [5.74, 6) is -0.846. The van der Waals surface area contributed by atoms with Gasteiger partial charge in [0.1, 0.15) is 5.78 Å². The number of carboxylic acids is 1. The van der Waals surface area contributed by atoms with Gasteiger partial charge in [-0.15, -0.1) is 0 Å². The summed E-state index contributed by atoms with van der Waals surface area (Å²) in [5.41, 5.74) is 2.19. The molecule has 4 rings (SSSR count). The number of carbonyl (C=O) groups excluding carboxylic acids is 1. The van der Waals surface area contributed by atoms with Gasteiger partial charge in [0, 0.05) is 18.2 Å². The van der Waals surface area contributed by atoms with Crippen LogP contribution in [0, 0.1) is 11.8 Å². The van der Waals surface area contributed by atoms with Crippen molar-refractivity contribution in [2.24, 2.45) is 11.8 Å². The van der Waals surface area contributed by atoms with Crippen molar-refractivity contribution in [2.45, 2.75) is 38.0 Å². The van der Waals surface area contributed by atoms with Gasteiger partial charge in [-0.25, -0.2) is 0 Å². The summed E-state index contributed by atoms with van der Waals surface area (Å²) in [5, 5.41) is 15.0. The zero-order chi connectivity index (χ0) is 17.4. The fraction of sp³-hybridized carbons (Fsp3) is 0.429. The molecule has 25 heavy (non-hydrogen) atoms. The van der Waals surface area contributed by atoms with Crippen molar-refractivity contribution in [3.8, 4) is 0 Å². The second kappa shape index (κ2) is 6.51. The molecule has 1 saturated carbocycles. The summed E-state index contributed by atoms with van der Waals surface area (Å²) in [6.07, 6.45) is 3.66. The molecular formula is C21H23NO3. The maximum atomic E-state index is 13.2. The normalized spacial score (nSPS) is 25.8. The molecule has 0 radical (unpaired) electrons. The first-order valence-electron chi connectivity index (χ1n) is 9.17. The van der Waals surface area contributed by atoms with Gasteiger partial charge in [-0.3, -0.25) is 9.59 Å². The number of benzene rings is 2. The standard InChI is InChI=1S/C21H23NO3/c23-20(14-5-3-6-15(9-8-14)21(24)25)17-12-22-18-11-10-13-4-1-2-7-16(13)19(17)18/h1-2,4,7,10-11,14-15,17,22H,3,5-6,8-9,12H2,(H,24,25). The SMILES string of the molecule is O=C(O)C1CCCC(C(=O)C2CNc3ccc4ccccc4c32)CC1. The van der Waals surface area contributed by atoms with E-state index >= 15 is 0 Å². The van der Waals surface area contributed by atoms with Gasteiger partial charge in [0.05, 0.1) is 11.8 Å². The zero-order valence-electron chi connectivity index (χ0n) is 14.2. The molecule has 130 valence electrons. The van der Waals surface area contributed by atoms with E-state index in [1.165, 1.54) is 0 Å².